The Bertz CT molecular complexity index is 1050. The van der Waals surface area contributed by atoms with Gasteiger partial charge in [0.1, 0.15) is 5.75 Å². The maximum Gasteiger partial charge on any atom is 0.303 e. The van der Waals surface area contributed by atoms with E-state index in [9.17, 15) is 9.59 Å². The second-order valence-electron chi connectivity index (χ2n) is 6.50. The molecular formula is C22H26N2O4S. The highest BCUT2D eigenvalue weighted by atomic mass is 32.2. The summed E-state index contributed by atoms with van der Waals surface area (Å²) < 4.78 is 50.8. The number of benzene rings is 2. The molecule has 0 spiro atoms. The summed E-state index contributed by atoms with van der Waals surface area (Å²) in [5.74, 6) is -0.857. The molecule has 0 aliphatic carbocycles. The molecule has 2 aromatic carbocycles. The molecule has 2 atom stereocenters. The zero-order valence-corrected chi connectivity index (χ0v) is 17.2. The number of hydrogen-bond donors (Lipinski definition) is 0. The van der Waals surface area contributed by atoms with Crippen molar-refractivity contribution in [2.45, 2.75) is 23.2 Å². The van der Waals surface area contributed by atoms with Crippen molar-refractivity contribution in [3.63, 3.8) is 0 Å². The van der Waals surface area contributed by atoms with Gasteiger partial charge in [0.2, 0.25) is 0 Å². The molecule has 1 amide bonds. The van der Waals surface area contributed by atoms with E-state index in [1.807, 2.05) is 0 Å². The molecule has 0 radical (unpaired) electrons. The molecule has 1 heterocycles. The molecule has 0 saturated heterocycles. The smallest absolute Gasteiger partial charge is 0.303 e. The minimum atomic E-state index is -2.56. The van der Waals surface area contributed by atoms with Crippen LogP contribution in [0.1, 0.15) is 24.6 Å². The normalized spacial score (nSPS) is 22.4. The van der Waals surface area contributed by atoms with Gasteiger partial charge in [-0.1, -0.05) is 24.3 Å². The van der Waals surface area contributed by atoms with E-state index >= 15 is 0 Å². The molecule has 0 bridgehead atoms. The zero-order valence-electron chi connectivity index (χ0n) is 21.4. The van der Waals surface area contributed by atoms with Crippen LogP contribution in [0.25, 0.3) is 0 Å². The van der Waals surface area contributed by atoms with Crippen LogP contribution in [0, 0.1) is 0 Å². The molecule has 0 saturated carbocycles. The predicted octanol–water partition coefficient (Wildman–Crippen LogP) is 3.37. The van der Waals surface area contributed by atoms with Gasteiger partial charge < -0.3 is 19.3 Å². The van der Waals surface area contributed by atoms with Crippen molar-refractivity contribution in [1.82, 2.24) is 4.90 Å². The number of anilines is 1. The van der Waals surface area contributed by atoms with Crippen LogP contribution in [0.5, 0.6) is 5.75 Å². The lowest BCUT2D eigenvalue weighted by Crippen LogP contribution is -2.45. The van der Waals surface area contributed by atoms with Gasteiger partial charge in [0.05, 0.1) is 20.8 Å². The Kier molecular flexibility index (Phi) is 4.93. The fourth-order valence-electron chi connectivity index (χ4n) is 2.98. The predicted molar refractivity (Wildman–Crippen MR) is 114 cm³/mol. The lowest BCUT2D eigenvalue weighted by atomic mass is 10.1. The Morgan fingerprint density at radius 2 is 2.00 bits per heavy atom. The number of likely N-dealkylation sites (N-methyl/N-ethyl adjacent to an activating group) is 1. The number of para-hydroxylation sites is 1. The highest BCUT2D eigenvalue weighted by Crippen LogP contribution is 2.46. The molecule has 1 aliphatic heterocycles. The van der Waals surface area contributed by atoms with E-state index in [1.54, 1.807) is 48.5 Å². The Balaban J connectivity index is 2.13. The summed E-state index contributed by atoms with van der Waals surface area (Å²) in [7, 11) is 2.80. The van der Waals surface area contributed by atoms with E-state index in [0.29, 0.717) is 16.2 Å². The highest BCUT2D eigenvalue weighted by Gasteiger charge is 2.40. The fourth-order valence-corrected chi connectivity index (χ4v) is 4.28. The zero-order chi connectivity index (χ0) is 25.3. The molecule has 0 aromatic heterocycles. The van der Waals surface area contributed by atoms with Crippen LogP contribution in [0.4, 0.5) is 5.69 Å². The van der Waals surface area contributed by atoms with Gasteiger partial charge in [-0.05, 0) is 43.9 Å². The second-order valence-corrected chi connectivity index (χ2v) is 7.68. The number of ether oxygens (including phenoxy) is 2. The summed E-state index contributed by atoms with van der Waals surface area (Å²) in [5.41, 5.74) is 0.955. The maximum atomic E-state index is 13.8. The summed E-state index contributed by atoms with van der Waals surface area (Å²) in [4.78, 5) is 28.2. The lowest BCUT2D eigenvalue weighted by molar-refractivity contribution is -0.152. The van der Waals surface area contributed by atoms with Gasteiger partial charge in [-0.3, -0.25) is 9.59 Å². The van der Waals surface area contributed by atoms with Gasteiger partial charge in [0.15, 0.2) is 6.10 Å². The van der Waals surface area contributed by atoms with Crippen LogP contribution in [0.15, 0.2) is 53.4 Å². The number of methoxy groups -OCH3 is 1. The topological polar surface area (TPSA) is 59.1 Å². The Morgan fingerprint density at radius 3 is 2.66 bits per heavy atom. The Hall–Kier alpha value is -2.51. The summed E-state index contributed by atoms with van der Waals surface area (Å²) in [6, 6.07) is 13.7. The molecule has 0 N–H and O–H groups in total. The van der Waals surface area contributed by atoms with Crippen LogP contribution >= 0.6 is 11.8 Å². The molecule has 29 heavy (non-hydrogen) atoms. The first-order valence-corrected chi connectivity index (χ1v) is 9.85. The molecular weight excluding hydrogens is 388 g/mol. The van der Waals surface area contributed by atoms with Crippen LogP contribution in [0.2, 0.25) is 0 Å². The van der Waals surface area contributed by atoms with Gasteiger partial charge in [-0.2, -0.15) is 0 Å². The number of amides is 1. The summed E-state index contributed by atoms with van der Waals surface area (Å²) >= 11 is 1.27. The number of esters is 1. The van der Waals surface area contributed by atoms with Crippen molar-refractivity contribution in [2.24, 2.45) is 0 Å². The number of fused-ring (bicyclic) bond motifs is 1. The van der Waals surface area contributed by atoms with Crippen LogP contribution in [-0.2, 0) is 14.3 Å². The van der Waals surface area contributed by atoms with Crippen LogP contribution in [-0.4, -0.2) is 57.1 Å². The fraction of sp³-hybridized carbons (Fsp3) is 0.364. The number of hydrogen-bond acceptors (Lipinski definition) is 6. The van der Waals surface area contributed by atoms with E-state index in [0.717, 1.165) is 9.80 Å². The molecule has 7 heteroatoms. The first kappa shape index (κ1) is 15.3. The van der Waals surface area contributed by atoms with Crippen LogP contribution < -0.4 is 9.64 Å². The lowest BCUT2D eigenvalue weighted by Gasteiger charge is -2.28. The maximum absolute atomic E-state index is 13.8. The van der Waals surface area contributed by atoms with Gasteiger partial charge in [0, 0.05) is 29.0 Å². The van der Waals surface area contributed by atoms with Crippen molar-refractivity contribution in [2.75, 3.05) is 39.1 Å². The standard InChI is InChI=1S/C22H26N2O4S/c1-15(25)28-20-21(16-9-11-17(27-4)12-10-16)29-19-8-6-5-7-18(19)24(22(20)26)14-13-23(2)3/h5-12,20-21H,13-14H2,1-4H3/t20-,21+/m1/s1/i2D3,14D2. The Morgan fingerprint density at radius 1 is 1.28 bits per heavy atom. The number of carbonyl (C=O) groups excluding carboxylic acids is 2. The van der Waals surface area contributed by atoms with E-state index in [1.165, 1.54) is 32.8 Å². The molecule has 0 unspecified atom stereocenters. The first-order valence-electron chi connectivity index (χ1n) is 11.5. The van der Waals surface area contributed by atoms with Gasteiger partial charge in [0.25, 0.3) is 5.91 Å². The van der Waals surface area contributed by atoms with Crippen molar-refractivity contribution in [3.05, 3.63) is 54.1 Å². The minimum absolute atomic E-state index is 0.273. The summed E-state index contributed by atoms with van der Waals surface area (Å²) in [5, 5.41) is -0.676. The van der Waals surface area contributed by atoms with Gasteiger partial charge in [-0.15, -0.1) is 11.8 Å². The van der Waals surface area contributed by atoms with E-state index in [2.05, 4.69) is 0 Å². The molecule has 1 aliphatic rings. The third-order valence-corrected chi connectivity index (χ3v) is 5.67. The SMILES string of the molecule is [2H]C([2H])([2H])N(C)CC([2H])([2H])N1C(=O)[C@H](OC(C)=O)[C@H](c2ccc(OC)cc2)Sc2ccccc21. The van der Waals surface area contributed by atoms with Crippen LogP contribution in [0.3, 0.4) is 0 Å². The van der Waals surface area contributed by atoms with E-state index in [4.69, 9.17) is 16.3 Å². The van der Waals surface area contributed by atoms with Gasteiger partial charge >= 0.3 is 5.97 Å². The molecule has 2 aromatic rings. The molecule has 154 valence electrons. The largest absolute Gasteiger partial charge is 0.497 e. The minimum Gasteiger partial charge on any atom is -0.497 e. The first-order chi connectivity index (χ1) is 15.8. The van der Waals surface area contributed by atoms with E-state index < -0.39 is 43.2 Å². The highest BCUT2D eigenvalue weighted by molar-refractivity contribution is 7.99. The quantitative estimate of drug-likeness (QED) is 0.669. The van der Waals surface area contributed by atoms with Crippen molar-refractivity contribution in [1.29, 1.82) is 0 Å². The number of carbonyl (C=O) groups is 2. The number of nitrogens with zero attached hydrogens (tertiary/aromatic N) is 2. The average Bonchev–Trinajstić information content (AvgIpc) is 2.87. The summed E-state index contributed by atoms with van der Waals surface area (Å²) in [6.07, 6.45) is -1.35. The number of rotatable bonds is 6. The molecule has 3 rings (SSSR count). The summed E-state index contributed by atoms with van der Waals surface area (Å²) in [6.45, 7) is -4.39. The number of thioether (sulfide) groups is 1. The Labute approximate surface area is 182 Å². The van der Waals surface area contributed by atoms with Crippen molar-refractivity contribution in [3.8, 4) is 5.75 Å². The monoisotopic (exact) mass is 419 g/mol. The van der Waals surface area contributed by atoms with Gasteiger partial charge in [-0.25, -0.2) is 0 Å². The molecule has 0 fully saturated rings. The van der Waals surface area contributed by atoms with Crippen molar-refractivity contribution < 1.29 is 25.9 Å². The van der Waals surface area contributed by atoms with E-state index in [-0.39, 0.29) is 5.69 Å². The van der Waals surface area contributed by atoms with Crippen molar-refractivity contribution >= 4 is 29.3 Å². The molecule has 6 nitrogen and oxygen atoms in total. The third-order valence-electron chi connectivity index (χ3n) is 4.30. The third kappa shape index (κ3) is 4.92. The average molecular weight is 420 g/mol. The second kappa shape index (κ2) is 9.33.